The predicted octanol–water partition coefficient (Wildman–Crippen LogP) is 2.62. The molecule has 0 spiro atoms. The van der Waals surface area contributed by atoms with Crippen molar-refractivity contribution in [3.8, 4) is 0 Å². The summed E-state index contributed by atoms with van der Waals surface area (Å²) in [6.07, 6.45) is 2.12. The van der Waals surface area contributed by atoms with E-state index < -0.39 is 10.0 Å². The first-order valence-corrected chi connectivity index (χ1v) is 10.7. The first-order valence-electron chi connectivity index (χ1n) is 8.43. The Morgan fingerprint density at radius 2 is 1.88 bits per heavy atom. The number of hydrogen-bond donors (Lipinski definition) is 1. The molecule has 0 saturated carbocycles. The van der Waals surface area contributed by atoms with Crippen LogP contribution in [0.15, 0.2) is 51.8 Å². The van der Waals surface area contributed by atoms with Crippen molar-refractivity contribution in [3.63, 3.8) is 0 Å². The molecular weight excluding hydrogens is 370 g/mol. The Bertz CT molecular complexity index is 882. The van der Waals surface area contributed by atoms with Gasteiger partial charge in [-0.05, 0) is 48.9 Å². The number of carbonyl (C=O) groups is 1. The van der Waals surface area contributed by atoms with Gasteiger partial charge in [0.2, 0.25) is 15.9 Å². The van der Waals surface area contributed by atoms with E-state index in [2.05, 4.69) is 10.5 Å². The number of carbonyl (C=O) groups excluding carboxylic acids is 1. The summed E-state index contributed by atoms with van der Waals surface area (Å²) in [4.78, 5) is 13.2. The molecule has 1 saturated heterocycles. The average molecular weight is 392 g/mol. The molecule has 26 heavy (non-hydrogen) atoms. The number of nitrogens with zero attached hydrogens (tertiary/aromatic N) is 2. The zero-order valence-corrected chi connectivity index (χ0v) is 16.1. The fourth-order valence-electron chi connectivity index (χ4n) is 2.77. The van der Waals surface area contributed by atoms with Gasteiger partial charge in [0.15, 0.2) is 0 Å². The van der Waals surface area contributed by atoms with Crippen molar-refractivity contribution in [2.24, 2.45) is 5.10 Å². The highest BCUT2D eigenvalue weighted by atomic mass is 32.2. The third-order valence-corrected chi connectivity index (χ3v) is 7.03. The Balaban J connectivity index is 1.64. The molecule has 0 bridgehead atoms. The molecule has 8 heteroatoms. The topological polar surface area (TPSA) is 78.8 Å². The molecule has 1 fully saturated rings. The van der Waals surface area contributed by atoms with E-state index in [1.165, 1.54) is 15.6 Å². The number of hydrogen-bond acceptors (Lipinski definition) is 5. The van der Waals surface area contributed by atoms with Crippen LogP contribution in [0, 0.1) is 0 Å². The molecule has 2 heterocycles. The maximum atomic E-state index is 12.5. The van der Waals surface area contributed by atoms with Crippen LogP contribution in [-0.2, 0) is 21.2 Å². The van der Waals surface area contributed by atoms with Gasteiger partial charge in [-0.3, -0.25) is 4.79 Å². The third-order valence-electron chi connectivity index (χ3n) is 4.24. The van der Waals surface area contributed by atoms with E-state index in [1.54, 1.807) is 31.2 Å². The van der Waals surface area contributed by atoms with Crippen LogP contribution in [0.4, 0.5) is 0 Å². The van der Waals surface area contributed by atoms with Gasteiger partial charge in [-0.15, -0.1) is 11.3 Å². The molecule has 1 aromatic carbocycles. The molecule has 1 aliphatic heterocycles. The van der Waals surface area contributed by atoms with E-state index in [-0.39, 0.29) is 10.8 Å². The summed E-state index contributed by atoms with van der Waals surface area (Å²) in [6.45, 7) is 2.94. The monoisotopic (exact) mass is 391 g/mol. The van der Waals surface area contributed by atoms with Gasteiger partial charge in [-0.25, -0.2) is 13.8 Å². The smallest absolute Gasteiger partial charge is 0.245 e. The lowest BCUT2D eigenvalue weighted by atomic mass is 10.1. The minimum absolute atomic E-state index is 0.181. The van der Waals surface area contributed by atoms with E-state index in [4.69, 9.17) is 0 Å². The lowest BCUT2D eigenvalue weighted by Crippen LogP contribution is -2.27. The van der Waals surface area contributed by atoms with Gasteiger partial charge in [0.1, 0.15) is 0 Å². The van der Waals surface area contributed by atoms with Gasteiger partial charge in [0, 0.05) is 18.0 Å². The summed E-state index contributed by atoms with van der Waals surface area (Å²) in [5.74, 6) is -0.181. The molecule has 1 amide bonds. The molecule has 3 rings (SSSR count). The van der Waals surface area contributed by atoms with Crippen LogP contribution in [-0.4, -0.2) is 37.4 Å². The second-order valence-corrected chi connectivity index (χ2v) is 9.09. The predicted molar refractivity (Wildman–Crippen MR) is 103 cm³/mol. The fourth-order valence-corrected chi connectivity index (χ4v) is 4.99. The number of rotatable bonds is 6. The minimum Gasteiger partial charge on any atom is -0.273 e. The van der Waals surface area contributed by atoms with Crippen LogP contribution < -0.4 is 5.43 Å². The van der Waals surface area contributed by atoms with E-state index in [0.29, 0.717) is 25.2 Å². The Hall–Kier alpha value is -2.03. The fraction of sp³-hybridized carbons (Fsp3) is 0.333. The number of nitrogens with one attached hydrogen (secondary N) is 1. The van der Waals surface area contributed by atoms with Gasteiger partial charge in [0.25, 0.3) is 0 Å². The normalized spacial score (nSPS) is 16.0. The molecule has 0 aliphatic carbocycles. The quantitative estimate of drug-likeness (QED) is 0.607. The largest absolute Gasteiger partial charge is 0.273 e. The SMILES string of the molecule is C/C(=N/NC(=O)Cc1cccs1)c1ccc(S(=O)(=O)N2CCCC2)cc1. The zero-order valence-electron chi connectivity index (χ0n) is 14.5. The number of hydrazone groups is 1. The standard InChI is InChI=1S/C18H21N3O3S2/c1-14(19-20-18(22)13-16-5-4-12-25-16)15-6-8-17(9-7-15)26(23,24)21-10-2-3-11-21/h4-9,12H,2-3,10-11,13H2,1H3,(H,20,22)/b19-14-. The molecule has 0 atom stereocenters. The van der Waals surface area contributed by atoms with Crippen molar-refractivity contribution in [3.05, 3.63) is 52.2 Å². The minimum atomic E-state index is -3.41. The highest BCUT2D eigenvalue weighted by Gasteiger charge is 2.26. The van der Waals surface area contributed by atoms with Gasteiger partial charge in [-0.2, -0.15) is 9.41 Å². The van der Waals surface area contributed by atoms with E-state index >= 15 is 0 Å². The summed E-state index contributed by atoms with van der Waals surface area (Å²) >= 11 is 1.53. The highest BCUT2D eigenvalue weighted by Crippen LogP contribution is 2.21. The van der Waals surface area contributed by atoms with Crippen LogP contribution in [0.2, 0.25) is 0 Å². The maximum absolute atomic E-state index is 12.5. The van der Waals surface area contributed by atoms with Crippen molar-refractivity contribution in [2.45, 2.75) is 31.1 Å². The Morgan fingerprint density at radius 3 is 2.50 bits per heavy atom. The molecule has 1 aliphatic rings. The van der Waals surface area contributed by atoms with Crippen LogP contribution in [0.5, 0.6) is 0 Å². The highest BCUT2D eigenvalue weighted by molar-refractivity contribution is 7.89. The second kappa shape index (κ2) is 8.11. The Labute approximate surface area is 157 Å². The van der Waals surface area contributed by atoms with Crippen molar-refractivity contribution < 1.29 is 13.2 Å². The van der Waals surface area contributed by atoms with E-state index in [9.17, 15) is 13.2 Å². The summed E-state index contributed by atoms with van der Waals surface area (Å²) in [7, 11) is -3.41. The lowest BCUT2D eigenvalue weighted by Gasteiger charge is -2.15. The Morgan fingerprint density at radius 1 is 1.19 bits per heavy atom. The molecule has 0 unspecified atom stereocenters. The number of thiophene rings is 1. The summed E-state index contributed by atoms with van der Waals surface area (Å²) in [6, 6.07) is 10.4. The number of sulfonamides is 1. The zero-order chi connectivity index (χ0) is 18.6. The van der Waals surface area contributed by atoms with Crippen molar-refractivity contribution >= 4 is 33.0 Å². The van der Waals surface area contributed by atoms with Crippen LogP contribution in [0.1, 0.15) is 30.2 Å². The van der Waals surface area contributed by atoms with Crippen LogP contribution in [0.25, 0.3) is 0 Å². The van der Waals surface area contributed by atoms with Crippen LogP contribution in [0.3, 0.4) is 0 Å². The molecular formula is C18H21N3O3S2. The van der Waals surface area contributed by atoms with Crippen molar-refractivity contribution in [2.75, 3.05) is 13.1 Å². The summed E-state index contributed by atoms with van der Waals surface area (Å²) in [5.41, 5.74) is 3.92. The lowest BCUT2D eigenvalue weighted by molar-refractivity contribution is -0.120. The van der Waals surface area contributed by atoms with Gasteiger partial charge >= 0.3 is 0 Å². The van der Waals surface area contributed by atoms with Gasteiger partial charge in [-0.1, -0.05) is 18.2 Å². The molecule has 2 aromatic rings. The van der Waals surface area contributed by atoms with E-state index in [1.807, 2.05) is 17.5 Å². The molecule has 0 radical (unpaired) electrons. The number of amides is 1. The molecule has 6 nitrogen and oxygen atoms in total. The molecule has 1 N–H and O–H groups in total. The average Bonchev–Trinajstić information content (AvgIpc) is 3.34. The maximum Gasteiger partial charge on any atom is 0.245 e. The van der Waals surface area contributed by atoms with Crippen molar-refractivity contribution in [1.29, 1.82) is 0 Å². The third kappa shape index (κ3) is 4.38. The second-order valence-electron chi connectivity index (χ2n) is 6.12. The van der Waals surface area contributed by atoms with Crippen molar-refractivity contribution in [1.82, 2.24) is 9.73 Å². The van der Waals surface area contributed by atoms with Gasteiger partial charge < -0.3 is 0 Å². The Kier molecular flexibility index (Phi) is 5.85. The number of benzene rings is 1. The molecule has 138 valence electrons. The van der Waals surface area contributed by atoms with E-state index in [0.717, 1.165) is 23.3 Å². The first-order chi connectivity index (χ1) is 12.5. The summed E-state index contributed by atoms with van der Waals surface area (Å²) < 4.78 is 26.6. The van der Waals surface area contributed by atoms with Gasteiger partial charge in [0.05, 0.1) is 17.0 Å². The summed E-state index contributed by atoms with van der Waals surface area (Å²) in [5, 5.41) is 6.03. The molecule has 1 aromatic heterocycles. The first kappa shape index (κ1) is 18.8. The van der Waals surface area contributed by atoms with Crippen LogP contribution >= 0.6 is 11.3 Å².